The van der Waals surface area contributed by atoms with Gasteiger partial charge >= 0.3 is 5.97 Å². The van der Waals surface area contributed by atoms with Crippen LogP contribution in [-0.2, 0) is 14.3 Å². The van der Waals surface area contributed by atoms with Crippen LogP contribution in [0, 0.1) is 41.1 Å². The summed E-state index contributed by atoms with van der Waals surface area (Å²) in [6, 6.07) is 5.13. The molecule has 2 N–H and O–H groups in total. The average Bonchev–Trinajstić information content (AvgIpc) is 3.58. The third kappa shape index (κ3) is 6.05. The maximum atomic E-state index is 15.0. The van der Waals surface area contributed by atoms with Crippen LogP contribution < -0.4 is 20.1 Å². The van der Waals surface area contributed by atoms with Crippen molar-refractivity contribution in [3.63, 3.8) is 0 Å². The van der Waals surface area contributed by atoms with Crippen molar-refractivity contribution in [2.75, 3.05) is 19.0 Å². The molecule has 0 aliphatic heterocycles. The van der Waals surface area contributed by atoms with Crippen molar-refractivity contribution in [3.8, 4) is 11.5 Å². The van der Waals surface area contributed by atoms with Crippen LogP contribution in [0.4, 0.5) is 18.9 Å². The smallest absolute Gasteiger partial charge is 0.308 e. The second kappa shape index (κ2) is 12.6. The summed E-state index contributed by atoms with van der Waals surface area (Å²) >= 11 is 0. The zero-order chi connectivity index (χ0) is 30.0. The summed E-state index contributed by atoms with van der Waals surface area (Å²) in [5, 5.41) is 5.32. The lowest BCUT2D eigenvalue weighted by molar-refractivity contribution is -0.149. The lowest BCUT2D eigenvalue weighted by atomic mass is 9.83. The third-order valence-electron chi connectivity index (χ3n) is 8.81. The van der Waals surface area contributed by atoms with Gasteiger partial charge in [0.25, 0.3) is 5.91 Å². The first kappa shape index (κ1) is 29.7. The predicted octanol–water partition coefficient (Wildman–Crippen LogP) is 5.40. The number of carbonyl (C=O) groups is 3. The summed E-state index contributed by atoms with van der Waals surface area (Å²) in [4.78, 5) is 38.9. The summed E-state index contributed by atoms with van der Waals surface area (Å²) in [5.41, 5.74) is -0.482. The molecule has 4 atom stereocenters. The number of rotatable bonds is 9. The molecule has 0 heterocycles. The van der Waals surface area contributed by atoms with E-state index in [1.807, 2.05) is 0 Å². The quantitative estimate of drug-likeness (QED) is 0.381. The van der Waals surface area contributed by atoms with Gasteiger partial charge in [0.15, 0.2) is 11.6 Å². The minimum Gasteiger partial charge on any atom is -0.496 e. The molecule has 3 aliphatic carbocycles. The van der Waals surface area contributed by atoms with Gasteiger partial charge in [0.2, 0.25) is 5.91 Å². The molecular formula is C31H35F3N2O6. The number of anilines is 1. The highest BCUT2D eigenvalue weighted by atomic mass is 19.1. The molecule has 3 aliphatic rings. The molecule has 3 saturated carbocycles. The highest BCUT2D eigenvalue weighted by Crippen LogP contribution is 2.49. The Labute approximate surface area is 242 Å². The van der Waals surface area contributed by atoms with E-state index in [2.05, 4.69) is 10.6 Å². The largest absolute Gasteiger partial charge is 0.496 e. The van der Waals surface area contributed by atoms with Crippen molar-refractivity contribution in [3.05, 3.63) is 53.3 Å². The number of ether oxygens (including phenoxy) is 3. The van der Waals surface area contributed by atoms with Crippen molar-refractivity contribution in [2.45, 2.75) is 64.0 Å². The van der Waals surface area contributed by atoms with Crippen LogP contribution in [0.25, 0.3) is 0 Å². The first-order valence-corrected chi connectivity index (χ1v) is 14.5. The Morgan fingerprint density at radius 1 is 0.905 bits per heavy atom. The van der Waals surface area contributed by atoms with Gasteiger partial charge in [0, 0.05) is 12.1 Å². The maximum absolute atomic E-state index is 15.0. The maximum Gasteiger partial charge on any atom is 0.308 e. The fourth-order valence-corrected chi connectivity index (χ4v) is 6.76. The number of hydrogen-bond acceptors (Lipinski definition) is 6. The number of amides is 2. The Morgan fingerprint density at radius 3 is 2.26 bits per heavy atom. The van der Waals surface area contributed by atoms with E-state index in [0.29, 0.717) is 38.7 Å². The molecule has 5 rings (SSSR count). The summed E-state index contributed by atoms with van der Waals surface area (Å²) in [6.07, 6.45) is 4.10. The SMILES string of the molecule is CCOC(=O)C1CCC(Oc2cc(C(=O)N[C@@H]3[C@H]4CC[C@H](C4)[C@@H]3C(=O)Nc3c(F)cccc3F)c(OC)cc2F)CC1. The number of methoxy groups -OCH3 is 1. The number of carbonyl (C=O) groups excluding carboxylic acids is 3. The van der Waals surface area contributed by atoms with Crippen LogP contribution in [0.5, 0.6) is 11.5 Å². The zero-order valence-electron chi connectivity index (χ0n) is 23.6. The number of hydrogen-bond donors (Lipinski definition) is 2. The normalized spacial score (nSPS) is 26.4. The van der Waals surface area contributed by atoms with Gasteiger partial charge in [-0.2, -0.15) is 0 Å². The van der Waals surface area contributed by atoms with Crippen LogP contribution in [0.1, 0.15) is 62.2 Å². The molecule has 42 heavy (non-hydrogen) atoms. The lowest BCUT2D eigenvalue weighted by Crippen LogP contribution is -2.48. The lowest BCUT2D eigenvalue weighted by Gasteiger charge is -2.31. The van der Waals surface area contributed by atoms with Crippen molar-refractivity contribution < 1.29 is 41.8 Å². The minimum atomic E-state index is -0.884. The fourth-order valence-electron chi connectivity index (χ4n) is 6.76. The highest BCUT2D eigenvalue weighted by Gasteiger charge is 2.51. The van der Waals surface area contributed by atoms with Gasteiger partial charge in [0.1, 0.15) is 23.1 Å². The minimum absolute atomic E-state index is 0.000884. The third-order valence-corrected chi connectivity index (χ3v) is 8.81. The highest BCUT2D eigenvalue weighted by molar-refractivity contribution is 5.99. The van der Waals surface area contributed by atoms with E-state index in [1.54, 1.807) is 6.92 Å². The molecule has 2 amide bonds. The van der Waals surface area contributed by atoms with Gasteiger partial charge in [-0.1, -0.05) is 6.07 Å². The Kier molecular flexibility index (Phi) is 8.93. The molecule has 2 bridgehead atoms. The van der Waals surface area contributed by atoms with Crippen molar-refractivity contribution >= 4 is 23.5 Å². The van der Waals surface area contributed by atoms with Gasteiger partial charge in [-0.3, -0.25) is 14.4 Å². The molecule has 0 radical (unpaired) electrons. The van der Waals surface area contributed by atoms with Gasteiger partial charge in [-0.25, -0.2) is 13.2 Å². The second-order valence-corrected chi connectivity index (χ2v) is 11.3. The van der Waals surface area contributed by atoms with Crippen LogP contribution >= 0.6 is 0 Å². The van der Waals surface area contributed by atoms with E-state index in [9.17, 15) is 27.6 Å². The van der Waals surface area contributed by atoms with E-state index in [4.69, 9.17) is 14.2 Å². The molecule has 226 valence electrons. The van der Waals surface area contributed by atoms with Gasteiger partial charge in [-0.15, -0.1) is 0 Å². The summed E-state index contributed by atoms with van der Waals surface area (Å²) in [6.45, 7) is 2.07. The monoisotopic (exact) mass is 588 g/mol. The van der Waals surface area contributed by atoms with Gasteiger partial charge < -0.3 is 24.8 Å². The number of para-hydroxylation sites is 1. The Bertz CT molecular complexity index is 1330. The van der Waals surface area contributed by atoms with Crippen LogP contribution in [0.2, 0.25) is 0 Å². The van der Waals surface area contributed by atoms with Gasteiger partial charge in [0.05, 0.1) is 37.2 Å². The Hall–Kier alpha value is -3.76. The Balaban J connectivity index is 1.30. The number of fused-ring (bicyclic) bond motifs is 2. The standard InChI is InChI=1S/C31H35F3N2O6/c1-3-41-31(39)16-9-11-19(12-10-16)42-25-14-20(24(40-2)15-23(25)34)29(37)35-27-18-8-7-17(13-18)26(27)30(38)36-28-21(32)5-4-6-22(28)33/h4-6,14-19,26-27H,3,7-13H2,1-2H3,(H,35,37)(H,36,38)/t16?,17-,18+,19?,26+,27-/m1/s1. The summed E-state index contributed by atoms with van der Waals surface area (Å²) < 4.78 is 59.7. The van der Waals surface area contributed by atoms with E-state index < -0.39 is 46.9 Å². The second-order valence-electron chi connectivity index (χ2n) is 11.3. The molecule has 0 spiro atoms. The number of halogens is 3. The van der Waals surface area contributed by atoms with E-state index in [-0.39, 0.29) is 46.9 Å². The zero-order valence-corrected chi connectivity index (χ0v) is 23.6. The molecule has 0 saturated heterocycles. The molecular weight excluding hydrogens is 553 g/mol. The molecule has 2 aromatic rings. The molecule has 8 nitrogen and oxygen atoms in total. The first-order chi connectivity index (χ1) is 20.2. The molecule has 3 fully saturated rings. The van der Waals surface area contributed by atoms with Crippen LogP contribution in [0.15, 0.2) is 30.3 Å². The fraction of sp³-hybridized carbons (Fsp3) is 0.516. The average molecular weight is 589 g/mol. The number of benzene rings is 2. The Morgan fingerprint density at radius 2 is 1.60 bits per heavy atom. The molecule has 2 aromatic carbocycles. The van der Waals surface area contributed by atoms with Crippen molar-refractivity contribution in [1.29, 1.82) is 0 Å². The summed E-state index contributed by atoms with van der Waals surface area (Å²) in [5.74, 6) is -4.89. The predicted molar refractivity (Wildman–Crippen MR) is 147 cm³/mol. The molecule has 0 unspecified atom stereocenters. The van der Waals surface area contributed by atoms with Crippen molar-refractivity contribution in [1.82, 2.24) is 5.32 Å². The molecule has 11 heteroatoms. The van der Waals surface area contributed by atoms with E-state index in [0.717, 1.165) is 31.0 Å². The van der Waals surface area contributed by atoms with Crippen LogP contribution in [0.3, 0.4) is 0 Å². The van der Waals surface area contributed by atoms with E-state index >= 15 is 0 Å². The van der Waals surface area contributed by atoms with E-state index in [1.165, 1.54) is 19.2 Å². The van der Waals surface area contributed by atoms with Crippen molar-refractivity contribution in [2.24, 2.45) is 23.7 Å². The first-order valence-electron chi connectivity index (χ1n) is 14.5. The topological polar surface area (TPSA) is 103 Å². The molecule has 0 aromatic heterocycles. The van der Waals surface area contributed by atoms with Crippen LogP contribution in [-0.4, -0.2) is 43.6 Å². The summed E-state index contributed by atoms with van der Waals surface area (Å²) in [7, 11) is 1.32. The van der Waals surface area contributed by atoms with Gasteiger partial charge in [-0.05, 0) is 81.9 Å². The number of nitrogens with one attached hydrogen (secondary N) is 2. The number of esters is 1.